The van der Waals surface area contributed by atoms with Gasteiger partial charge in [0.15, 0.2) is 11.5 Å². The molecule has 0 aromatic heterocycles. The highest BCUT2D eigenvalue weighted by Gasteiger charge is 2.27. The summed E-state index contributed by atoms with van der Waals surface area (Å²) < 4.78 is 22.0. The minimum Gasteiger partial charge on any atom is -0.495 e. The van der Waals surface area contributed by atoms with Crippen LogP contribution in [0.1, 0.15) is 29.8 Å². The molecular formula is C21H22O5S. The number of thioether (sulfide) groups is 1. The average molecular weight is 386 g/mol. The number of carbonyl (C=O) groups excluding carboxylic acids is 1. The molecule has 0 atom stereocenters. The lowest BCUT2D eigenvalue weighted by molar-refractivity contribution is 0.108. The number of hydrogen-bond donors (Lipinski definition) is 0. The molecule has 0 aliphatic carbocycles. The Morgan fingerprint density at radius 3 is 2.41 bits per heavy atom. The van der Waals surface area contributed by atoms with Crippen molar-refractivity contribution in [2.24, 2.45) is 0 Å². The molecule has 142 valence electrons. The van der Waals surface area contributed by atoms with E-state index in [4.69, 9.17) is 18.9 Å². The Labute approximate surface area is 163 Å². The van der Waals surface area contributed by atoms with Crippen LogP contribution in [0, 0.1) is 0 Å². The van der Waals surface area contributed by atoms with E-state index in [9.17, 15) is 4.79 Å². The fourth-order valence-corrected chi connectivity index (χ4v) is 3.64. The molecule has 2 aromatic carbocycles. The van der Waals surface area contributed by atoms with Crippen LogP contribution in [-0.2, 0) is 0 Å². The highest BCUT2D eigenvalue weighted by molar-refractivity contribution is 8.14. The molecule has 0 bridgehead atoms. The molecule has 0 amide bonds. The predicted molar refractivity (Wildman–Crippen MR) is 106 cm³/mol. The maximum Gasteiger partial charge on any atom is 0.227 e. The van der Waals surface area contributed by atoms with Crippen LogP contribution in [0.3, 0.4) is 0 Å². The third-order valence-corrected chi connectivity index (χ3v) is 5.07. The summed E-state index contributed by atoms with van der Waals surface area (Å²) in [6.45, 7) is 3.95. The molecule has 5 nitrogen and oxygen atoms in total. The van der Waals surface area contributed by atoms with E-state index in [0.717, 1.165) is 22.2 Å². The van der Waals surface area contributed by atoms with Crippen LogP contribution in [0.5, 0.6) is 23.0 Å². The molecule has 6 heteroatoms. The van der Waals surface area contributed by atoms with Gasteiger partial charge in [0.1, 0.15) is 17.1 Å². The number of carbonyl (C=O) groups is 1. The van der Waals surface area contributed by atoms with Gasteiger partial charge >= 0.3 is 0 Å². The van der Waals surface area contributed by atoms with Crippen LogP contribution < -0.4 is 18.9 Å². The van der Waals surface area contributed by atoms with Crippen molar-refractivity contribution >= 4 is 23.0 Å². The number of methoxy groups -OCH3 is 3. The molecule has 0 unspecified atom stereocenters. The second-order valence-corrected chi connectivity index (χ2v) is 7.55. The molecule has 1 aliphatic heterocycles. The third-order valence-electron chi connectivity index (χ3n) is 4.17. The normalized spacial score (nSPS) is 14.1. The monoisotopic (exact) mass is 386 g/mol. The maximum atomic E-state index is 12.9. The smallest absolute Gasteiger partial charge is 0.227 e. The van der Waals surface area contributed by atoms with Gasteiger partial charge in [0.2, 0.25) is 5.12 Å². The van der Waals surface area contributed by atoms with Gasteiger partial charge in [0, 0.05) is 4.90 Å². The Hall–Kier alpha value is -2.60. The Bertz CT molecular complexity index is 902. The zero-order chi connectivity index (χ0) is 19.6. The highest BCUT2D eigenvalue weighted by Crippen LogP contribution is 2.41. The number of ether oxygens (including phenoxy) is 4. The van der Waals surface area contributed by atoms with Crippen molar-refractivity contribution in [3.05, 3.63) is 47.5 Å². The average Bonchev–Trinajstić information content (AvgIpc) is 2.65. The summed E-state index contributed by atoms with van der Waals surface area (Å²) in [5.41, 5.74) is 0.873. The molecule has 1 heterocycles. The zero-order valence-corrected chi connectivity index (χ0v) is 16.8. The fourth-order valence-electron chi connectivity index (χ4n) is 2.85. The van der Waals surface area contributed by atoms with Gasteiger partial charge in [0.25, 0.3) is 0 Å². The lowest BCUT2D eigenvalue weighted by atomic mass is 10.00. The quantitative estimate of drug-likeness (QED) is 0.686. The predicted octanol–water partition coefficient (Wildman–Crippen LogP) is 4.83. The Morgan fingerprint density at radius 1 is 1.00 bits per heavy atom. The van der Waals surface area contributed by atoms with Crippen molar-refractivity contribution in [3.63, 3.8) is 0 Å². The number of rotatable bonds is 5. The first-order chi connectivity index (χ1) is 12.9. The van der Waals surface area contributed by atoms with E-state index >= 15 is 0 Å². The lowest BCUT2D eigenvalue weighted by Crippen LogP contribution is -2.27. The largest absolute Gasteiger partial charge is 0.495 e. The minimum absolute atomic E-state index is 0.125. The van der Waals surface area contributed by atoms with E-state index in [1.54, 1.807) is 39.5 Å². The van der Waals surface area contributed by atoms with Gasteiger partial charge in [-0.05, 0) is 68.1 Å². The van der Waals surface area contributed by atoms with Crippen molar-refractivity contribution < 1.29 is 23.7 Å². The van der Waals surface area contributed by atoms with Crippen LogP contribution in [0.15, 0.2) is 41.3 Å². The van der Waals surface area contributed by atoms with Crippen LogP contribution in [0.4, 0.5) is 0 Å². The van der Waals surface area contributed by atoms with Crippen LogP contribution in [-0.4, -0.2) is 32.0 Å². The summed E-state index contributed by atoms with van der Waals surface area (Å²) in [5.74, 6) is 2.40. The van der Waals surface area contributed by atoms with E-state index in [1.807, 2.05) is 38.1 Å². The maximum absolute atomic E-state index is 12.9. The van der Waals surface area contributed by atoms with Crippen molar-refractivity contribution in [2.45, 2.75) is 24.3 Å². The third kappa shape index (κ3) is 3.90. The van der Waals surface area contributed by atoms with Gasteiger partial charge in [-0.3, -0.25) is 4.79 Å². The molecule has 0 spiro atoms. The fraction of sp³-hybridized carbons (Fsp3) is 0.286. The van der Waals surface area contributed by atoms with E-state index < -0.39 is 5.60 Å². The number of hydrogen-bond acceptors (Lipinski definition) is 6. The Balaban J connectivity index is 1.92. The Kier molecular flexibility index (Phi) is 5.37. The SMILES string of the molecule is COc1ccc(SC(=O)c2ccc3c(c2OC)C=CC(C)(C)O3)cc1OC. The summed E-state index contributed by atoms with van der Waals surface area (Å²) in [4.78, 5) is 13.7. The van der Waals surface area contributed by atoms with Gasteiger partial charge in [-0.1, -0.05) is 0 Å². The van der Waals surface area contributed by atoms with Gasteiger partial charge in [-0.25, -0.2) is 0 Å². The van der Waals surface area contributed by atoms with Gasteiger partial charge in [-0.15, -0.1) is 0 Å². The molecule has 0 N–H and O–H groups in total. The van der Waals surface area contributed by atoms with E-state index in [-0.39, 0.29) is 5.12 Å². The molecule has 0 saturated carbocycles. The lowest BCUT2D eigenvalue weighted by Gasteiger charge is -2.29. The number of benzene rings is 2. The number of fused-ring (bicyclic) bond motifs is 1. The van der Waals surface area contributed by atoms with Crippen LogP contribution in [0.25, 0.3) is 6.08 Å². The highest BCUT2D eigenvalue weighted by atomic mass is 32.2. The van der Waals surface area contributed by atoms with Gasteiger partial charge < -0.3 is 18.9 Å². The zero-order valence-electron chi connectivity index (χ0n) is 16.0. The van der Waals surface area contributed by atoms with Crippen molar-refractivity contribution in [1.82, 2.24) is 0 Å². The second-order valence-electron chi connectivity index (χ2n) is 6.50. The van der Waals surface area contributed by atoms with E-state index in [2.05, 4.69) is 0 Å². The summed E-state index contributed by atoms with van der Waals surface area (Å²) in [7, 11) is 4.69. The minimum atomic E-state index is -0.391. The molecule has 2 aromatic rings. The summed E-state index contributed by atoms with van der Waals surface area (Å²) in [6, 6.07) is 8.92. The van der Waals surface area contributed by atoms with E-state index in [0.29, 0.717) is 28.6 Å². The van der Waals surface area contributed by atoms with Crippen molar-refractivity contribution in [2.75, 3.05) is 21.3 Å². The summed E-state index contributed by atoms with van der Waals surface area (Å²) in [5, 5.41) is -0.125. The summed E-state index contributed by atoms with van der Waals surface area (Å²) in [6.07, 6.45) is 3.89. The molecule has 27 heavy (non-hydrogen) atoms. The Morgan fingerprint density at radius 2 is 1.74 bits per heavy atom. The van der Waals surface area contributed by atoms with Crippen molar-refractivity contribution in [1.29, 1.82) is 0 Å². The van der Waals surface area contributed by atoms with E-state index in [1.165, 1.54) is 0 Å². The van der Waals surface area contributed by atoms with Crippen LogP contribution >= 0.6 is 11.8 Å². The first-order valence-electron chi connectivity index (χ1n) is 8.42. The molecule has 0 radical (unpaired) electrons. The molecular weight excluding hydrogens is 364 g/mol. The molecule has 1 aliphatic rings. The van der Waals surface area contributed by atoms with Crippen molar-refractivity contribution in [3.8, 4) is 23.0 Å². The first kappa shape index (κ1) is 19.2. The standard InChI is InChI=1S/C21H22O5S/c1-21(2)11-10-14-16(26-21)9-7-15(19(14)25-5)20(22)27-13-6-8-17(23-3)18(12-13)24-4/h6-12H,1-5H3. The topological polar surface area (TPSA) is 54.0 Å². The van der Waals surface area contributed by atoms with Crippen LogP contribution in [0.2, 0.25) is 0 Å². The molecule has 0 fully saturated rings. The first-order valence-corrected chi connectivity index (χ1v) is 9.23. The molecule has 3 rings (SSSR count). The van der Waals surface area contributed by atoms with Gasteiger partial charge in [-0.2, -0.15) is 0 Å². The molecule has 0 saturated heterocycles. The summed E-state index contributed by atoms with van der Waals surface area (Å²) >= 11 is 1.11. The second kappa shape index (κ2) is 7.56. The van der Waals surface area contributed by atoms with Gasteiger partial charge in [0.05, 0.1) is 32.5 Å².